The van der Waals surface area contributed by atoms with Gasteiger partial charge < -0.3 is 9.30 Å². The molecule has 3 nitrogen and oxygen atoms in total. The van der Waals surface area contributed by atoms with Gasteiger partial charge >= 0.3 is 0 Å². The van der Waals surface area contributed by atoms with Crippen LogP contribution in [-0.2, 0) is 11.3 Å². The molecule has 1 aliphatic rings. The zero-order chi connectivity index (χ0) is 13.1. The molecule has 18 heavy (non-hydrogen) atoms. The van der Waals surface area contributed by atoms with E-state index in [-0.39, 0.29) is 5.78 Å². The van der Waals surface area contributed by atoms with Crippen LogP contribution in [0.4, 0.5) is 0 Å². The van der Waals surface area contributed by atoms with E-state index < -0.39 is 0 Å². The summed E-state index contributed by atoms with van der Waals surface area (Å²) in [4.78, 5) is 11.9. The molecule has 1 aromatic rings. The Kier molecular flexibility index (Phi) is 4.46. The second-order valence-corrected chi connectivity index (χ2v) is 5.27. The molecular weight excluding hydrogens is 250 g/mol. The van der Waals surface area contributed by atoms with Crippen LogP contribution in [0.25, 0.3) is 0 Å². The molecule has 1 saturated heterocycles. The lowest BCUT2D eigenvalue weighted by Gasteiger charge is -2.14. The molecule has 4 heteroatoms. The molecule has 1 unspecified atom stereocenters. The summed E-state index contributed by atoms with van der Waals surface area (Å²) < 4.78 is 7.85. The summed E-state index contributed by atoms with van der Waals surface area (Å²) in [6.45, 7) is 5.76. The summed E-state index contributed by atoms with van der Waals surface area (Å²) in [7, 11) is 0. The molecule has 100 valence electrons. The molecule has 1 aromatic heterocycles. The number of alkyl halides is 1. The number of halogens is 1. The summed E-state index contributed by atoms with van der Waals surface area (Å²) in [6, 6.07) is 1.97. The van der Waals surface area contributed by atoms with E-state index in [2.05, 4.69) is 4.57 Å². The van der Waals surface area contributed by atoms with Gasteiger partial charge in [-0.25, -0.2) is 0 Å². The Balaban J connectivity index is 2.17. The first-order valence-electron chi connectivity index (χ1n) is 6.51. The van der Waals surface area contributed by atoms with Crippen molar-refractivity contribution in [1.82, 2.24) is 4.57 Å². The van der Waals surface area contributed by atoms with Crippen molar-refractivity contribution in [2.75, 3.05) is 12.5 Å². The molecule has 0 spiro atoms. The van der Waals surface area contributed by atoms with Crippen molar-refractivity contribution < 1.29 is 9.53 Å². The molecule has 2 heterocycles. The van der Waals surface area contributed by atoms with Crippen molar-refractivity contribution in [2.45, 2.75) is 45.8 Å². The van der Waals surface area contributed by atoms with Gasteiger partial charge in [0.2, 0.25) is 0 Å². The molecule has 1 fully saturated rings. The first kappa shape index (κ1) is 13.6. The second kappa shape index (κ2) is 5.89. The highest BCUT2D eigenvalue weighted by Crippen LogP contribution is 2.21. The fraction of sp³-hybridized carbons (Fsp3) is 0.643. The molecule has 0 saturated carbocycles. The van der Waals surface area contributed by atoms with Gasteiger partial charge in [-0.1, -0.05) is 0 Å². The van der Waals surface area contributed by atoms with Crippen LogP contribution in [0.2, 0.25) is 0 Å². The van der Waals surface area contributed by atoms with E-state index in [1.807, 2.05) is 19.9 Å². The van der Waals surface area contributed by atoms with Crippen LogP contribution in [0.5, 0.6) is 0 Å². The summed E-state index contributed by atoms with van der Waals surface area (Å²) >= 11 is 5.64. The van der Waals surface area contributed by atoms with Crippen molar-refractivity contribution in [3.63, 3.8) is 0 Å². The quantitative estimate of drug-likeness (QED) is 0.608. The number of ketones is 1. The lowest BCUT2D eigenvalue weighted by molar-refractivity contribution is 0.0953. The van der Waals surface area contributed by atoms with Crippen LogP contribution in [0.3, 0.4) is 0 Å². The van der Waals surface area contributed by atoms with Crippen LogP contribution in [0, 0.1) is 13.8 Å². The molecular formula is C14H20ClNO2. The molecule has 1 atom stereocenters. The highest BCUT2D eigenvalue weighted by molar-refractivity contribution is 6.19. The van der Waals surface area contributed by atoms with Crippen LogP contribution in [0.1, 0.15) is 41.0 Å². The van der Waals surface area contributed by atoms with E-state index in [0.29, 0.717) is 18.4 Å². The third kappa shape index (κ3) is 2.78. The zero-order valence-electron chi connectivity index (χ0n) is 11.0. The fourth-order valence-electron chi connectivity index (χ4n) is 2.58. The number of aryl methyl sites for hydroxylation is 1. The van der Waals surface area contributed by atoms with Crippen molar-refractivity contribution in [2.24, 2.45) is 0 Å². The summed E-state index contributed by atoms with van der Waals surface area (Å²) in [5.74, 6) is 0.519. The van der Waals surface area contributed by atoms with E-state index in [0.717, 1.165) is 42.9 Å². The van der Waals surface area contributed by atoms with Gasteiger partial charge in [0.15, 0.2) is 5.78 Å². The van der Waals surface area contributed by atoms with Crippen molar-refractivity contribution in [3.05, 3.63) is 23.0 Å². The lowest BCUT2D eigenvalue weighted by Crippen LogP contribution is -2.17. The standard InChI is InChI=1S/C14H20ClNO2/c1-10-8-13(14(17)5-6-15)11(2)16(10)9-12-4-3-7-18-12/h8,12H,3-7,9H2,1-2H3. The maximum atomic E-state index is 11.9. The summed E-state index contributed by atoms with van der Waals surface area (Å²) in [5.41, 5.74) is 2.98. The first-order valence-corrected chi connectivity index (χ1v) is 7.04. The normalized spacial score (nSPS) is 19.4. The van der Waals surface area contributed by atoms with E-state index in [1.54, 1.807) is 0 Å². The monoisotopic (exact) mass is 269 g/mol. The molecule has 0 aliphatic carbocycles. The molecule has 0 radical (unpaired) electrons. The third-order valence-corrected chi connectivity index (χ3v) is 3.79. The van der Waals surface area contributed by atoms with Gasteiger partial charge in [-0.2, -0.15) is 0 Å². The van der Waals surface area contributed by atoms with E-state index in [1.165, 1.54) is 0 Å². The Morgan fingerprint density at radius 3 is 2.94 bits per heavy atom. The molecule has 0 N–H and O–H groups in total. The van der Waals surface area contributed by atoms with Gasteiger partial charge in [-0.3, -0.25) is 4.79 Å². The van der Waals surface area contributed by atoms with E-state index in [4.69, 9.17) is 16.3 Å². The zero-order valence-corrected chi connectivity index (χ0v) is 11.8. The molecule has 0 bridgehead atoms. The minimum atomic E-state index is 0.136. The van der Waals surface area contributed by atoms with Gasteiger partial charge in [0.1, 0.15) is 0 Å². The summed E-state index contributed by atoms with van der Waals surface area (Å²) in [5, 5.41) is 0. The second-order valence-electron chi connectivity index (χ2n) is 4.89. The average molecular weight is 270 g/mol. The maximum absolute atomic E-state index is 11.9. The van der Waals surface area contributed by atoms with Crippen LogP contribution in [0.15, 0.2) is 6.07 Å². The number of rotatable bonds is 5. The number of carbonyl (C=O) groups is 1. The topological polar surface area (TPSA) is 31.2 Å². The largest absolute Gasteiger partial charge is 0.376 e. The van der Waals surface area contributed by atoms with E-state index in [9.17, 15) is 4.79 Å². The molecule has 2 rings (SSSR count). The van der Waals surface area contributed by atoms with Gasteiger partial charge in [0, 0.05) is 42.4 Å². The Bertz CT molecular complexity index is 433. The van der Waals surface area contributed by atoms with Gasteiger partial charge in [0.25, 0.3) is 0 Å². The lowest BCUT2D eigenvalue weighted by atomic mass is 10.1. The molecule has 1 aliphatic heterocycles. The number of hydrogen-bond donors (Lipinski definition) is 0. The Labute approximate surface area is 113 Å². The Morgan fingerprint density at radius 1 is 1.56 bits per heavy atom. The highest BCUT2D eigenvalue weighted by atomic mass is 35.5. The minimum absolute atomic E-state index is 0.136. The number of ether oxygens (including phenoxy) is 1. The predicted octanol–water partition coefficient (Wildman–Crippen LogP) is 3.10. The summed E-state index contributed by atoms with van der Waals surface area (Å²) in [6.07, 6.45) is 2.96. The number of hydrogen-bond acceptors (Lipinski definition) is 2. The number of aromatic nitrogens is 1. The fourth-order valence-corrected chi connectivity index (χ4v) is 2.75. The van der Waals surface area contributed by atoms with Crippen molar-refractivity contribution >= 4 is 17.4 Å². The van der Waals surface area contributed by atoms with Crippen LogP contribution in [-0.4, -0.2) is 28.9 Å². The van der Waals surface area contributed by atoms with Crippen molar-refractivity contribution in [1.29, 1.82) is 0 Å². The number of carbonyl (C=O) groups excluding carboxylic acids is 1. The molecule has 0 aromatic carbocycles. The maximum Gasteiger partial charge on any atom is 0.165 e. The van der Waals surface area contributed by atoms with Crippen LogP contribution < -0.4 is 0 Å². The smallest absolute Gasteiger partial charge is 0.165 e. The minimum Gasteiger partial charge on any atom is -0.376 e. The van der Waals surface area contributed by atoms with Gasteiger partial charge in [0.05, 0.1) is 6.10 Å². The SMILES string of the molecule is Cc1cc(C(=O)CCCl)c(C)n1CC1CCCO1. The van der Waals surface area contributed by atoms with Gasteiger partial charge in [-0.05, 0) is 32.8 Å². The average Bonchev–Trinajstić information content (AvgIpc) is 2.93. The Hall–Kier alpha value is -0.800. The molecule has 0 amide bonds. The highest BCUT2D eigenvalue weighted by Gasteiger charge is 2.20. The van der Waals surface area contributed by atoms with E-state index >= 15 is 0 Å². The third-order valence-electron chi connectivity index (χ3n) is 3.61. The van der Waals surface area contributed by atoms with Crippen LogP contribution >= 0.6 is 11.6 Å². The Morgan fingerprint density at radius 2 is 2.33 bits per heavy atom. The van der Waals surface area contributed by atoms with Gasteiger partial charge in [-0.15, -0.1) is 11.6 Å². The number of Topliss-reactive ketones (excluding diaryl/α,β-unsaturated/α-hetero) is 1. The van der Waals surface area contributed by atoms with Crippen molar-refractivity contribution in [3.8, 4) is 0 Å². The first-order chi connectivity index (χ1) is 8.63. The predicted molar refractivity (Wildman–Crippen MR) is 72.5 cm³/mol. The number of nitrogens with zero attached hydrogens (tertiary/aromatic N) is 1.